The van der Waals surface area contributed by atoms with E-state index in [4.69, 9.17) is 4.74 Å². The minimum Gasteiger partial charge on any atom is -0.497 e. The molecule has 1 heterocycles. The summed E-state index contributed by atoms with van der Waals surface area (Å²) in [6, 6.07) is 11.0. The van der Waals surface area contributed by atoms with Crippen molar-refractivity contribution in [2.45, 2.75) is 26.0 Å². The van der Waals surface area contributed by atoms with E-state index in [2.05, 4.69) is 5.32 Å². The van der Waals surface area contributed by atoms with Crippen LogP contribution in [0.5, 0.6) is 5.75 Å². The molecule has 0 bridgehead atoms. The maximum absolute atomic E-state index is 12.4. The molecule has 28 heavy (non-hydrogen) atoms. The van der Waals surface area contributed by atoms with Crippen molar-refractivity contribution in [2.24, 2.45) is 0 Å². The van der Waals surface area contributed by atoms with Crippen molar-refractivity contribution in [3.05, 3.63) is 64.7 Å². The fourth-order valence-corrected chi connectivity index (χ4v) is 3.11. The highest BCUT2D eigenvalue weighted by molar-refractivity contribution is 6.22. The monoisotopic (exact) mass is 382 g/mol. The number of aliphatic hydroxyl groups is 1. The number of amides is 3. The fourth-order valence-electron chi connectivity index (χ4n) is 3.11. The molecule has 2 N–H and O–H groups in total. The third-order valence-corrected chi connectivity index (χ3v) is 4.65. The number of imide groups is 1. The highest BCUT2D eigenvalue weighted by Crippen LogP contribution is 2.26. The molecule has 0 radical (unpaired) electrons. The molecule has 0 saturated heterocycles. The van der Waals surface area contributed by atoms with Gasteiger partial charge in [0.1, 0.15) is 5.75 Å². The van der Waals surface area contributed by atoms with E-state index >= 15 is 0 Å². The molecule has 0 aromatic heterocycles. The second-order valence-corrected chi connectivity index (χ2v) is 6.83. The summed E-state index contributed by atoms with van der Waals surface area (Å²) in [6.45, 7) is 3.53. The van der Waals surface area contributed by atoms with Gasteiger partial charge in [-0.3, -0.25) is 19.3 Å². The lowest BCUT2D eigenvalue weighted by molar-refractivity contribution is 0.0609. The van der Waals surface area contributed by atoms with Gasteiger partial charge in [-0.25, -0.2) is 0 Å². The summed E-state index contributed by atoms with van der Waals surface area (Å²) in [4.78, 5) is 38.4. The Balaban J connectivity index is 1.69. The molecule has 3 amide bonds. The van der Waals surface area contributed by atoms with Crippen LogP contribution < -0.4 is 10.1 Å². The van der Waals surface area contributed by atoms with Crippen LogP contribution in [0.2, 0.25) is 0 Å². The van der Waals surface area contributed by atoms with Gasteiger partial charge < -0.3 is 15.2 Å². The number of nitrogens with zero attached hydrogens (tertiary/aromatic N) is 1. The van der Waals surface area contributed by atoms with Gasteiger partial charge in [-0.1, -0.05) is 12.1 Å². The molecule has 3 rings (SSSR count). The van der Waals surface area contributed by atoms with Gasteiger partial charge in [0, 0.05) is 18.2 Å². The van der Waals surface area contributed by atoms with Gasteiger partial charge in [-0.2, -0.15) is 0 Å². The van der Waals surface area contributed by atoms with Crippen LogP contribution >= 0.6 is 0 Å². The Bertz CT molecular complexity index is 921. The van der Waals surface area contributed by atoms with Crippen molar-refractivity contribution in [2.75, 3.05) is 13.7 Å². The maximum atomic E-state index is 12.4. The van der Waals surface area contributed by atoms with Crippen LogP contribution in [0.1, 0.15) is 56.6 Å². The zero-order chi connectivity index (χ0) is 20.4. The van der Waals surface area contributed by atoms with E-state index in [0.717, 1.165) is 0 Å². The molecule has 1 atom stereocenters. The van der Waals surface area contributed by atoms with Crippen molar-refractivity contribution in [3.63, 3.8) is 0 Å². The van der Waals surface area contributed by atoms with E-state index in [9.17, 15) is 19.5 Å². The van der Waals surface area contributed by atoms with Crippen molar-refractivity contribution in [1.29, 1.82) is 0 Å². The maximum Gasteiger partial charge on any atom is 0.261 e. The highest BCUT2D eigenvalue weighted by Gasteiger charge is 2.37. The Morgan fingerprint density at radius 1 is 1.07 bits per heavy atom. The van der Waals surface area contributed by atoms with Crippen molar-refractivity contribution in [3.8, 4) is 5.75 Å². The first kappa shape index (κ1) is 19.6. The van der Waals surface area contributed by atoms with Gasteiger partial charge in [-0.05, 0) is 49.7 Å². The number of ether oxygens (including phenoxy) is 1. The predicted molar refractivity (Wildman–Crippen MR) is 102 cm³/mol. The third kappa shape index (κ3) is 3.61. The number of rotatable bonds is 6. The number of hydrogen-bond acceptors (Lipinski definition) is 5. The highest BCUT2D eigenvalue weighted by atomic mass is 16.5. The smallest absolute Gasteiger partial charge is 0.261 e. The first-order valence-electron chi connectivity index (χ1n) is 8.95. The minimum absolute atomic E-state index is 0.00719. The average Bonchev–Trinajstić information content (AvgIpc) is 2.95. The third-order valence-electron chi connectivity index (χ3n) is 4.65. The van der Waals surface area contributed by atoms with Crippen LogP contribution in [0.4, 0.5) is 0 Å². The van der Waals surface area contributed by atoms with Gasteiger partial charge in [0.05, 0.1) is 24.3 Å². The fraction of sp³-hybridized carbons (Fsp3) is 0.286. The molecule has 0 saturated carbocycles. The number of fused-ring (bicyclic) bond motifs is 1. The van der Waals surface area contributed by atoms with Crippen LogP contribution in [0.3, 0.4) is 0 Å². The molecule has 1 unspecified atom stereocenters. The number of carbonyl (C=O) groups is 3. The second-order valence-electron chi connectivity index (χ2n) is 6.83. The van der Waals surface area contributed by atoms with Crippen LogP contribution in [-0.4, -0.2) is 47.4 Å². The number of aliphatic hydroxyl groups excluding tert-OH is 1. The van der Waals surface area contributed by atoms with Crippen molar-refractivity contribution in [1.82, 2.24) is 10.2 Å². The Kier molecular flexibility index (Phi) is 5.46. The van der Waals surface area contributed by atoms with Crippen molar-refractivity contribution < 1.29 is 24.2 Å². The number of nitrogens with one attached hydrogen (secondary N) is 1. The summed E-state index contributed by atoms with van der Waals surface area (Å²) in [5, 5.41) is 12.9. The van der Waals surface area contributed by atoms with Crippen LogP contribution in [0, 0.1) is 0 Å². The Morgan fingerprint density at radius 2 is 1.71 bits per heavy atom. The summed E-state index contributed by atoms with van der Waals surface area (Å²) in [7, 11) is 1.56. The summed E-state index contributed by atoms with van der Waals surface area (Å²) in [5.41, 5.74) is 1.42. The van der Waals surface area contributed by atoms with Gasteiger partial charge in [0.2, 0.25) is 0 Å². The summed E-state index contributed by atoms with van der Waals surface area (Å²) >= 11 is 0. The summed E-state index contributed by atoms with van der Waals surface area (Å²) in [6.07, 6.45) is -0.885. The lowest BCUT2D eigenvalue weighted by Gasteiger charge is -2.17. The number of methoxy groups -OCH3 is 1. The molecule has 1 aliphatic rings. The average molecular weight is 382 g/mol. The normalized spacial score (nSPS) is 14.2. The van der Waals surface area contributed by atoms with Gasteiger partial charge >= 0.3 is 0 Å². The molecule has 2 aromatic carbocycles. The molecule has 146 valence electrons. The number of benzene rings is 2. The van der Waals surface area contributed by atoms with Crippen LogP contribution in [0.15, 0.2) is 42.5 Å². The van der Waals surface area contributed by atoms with E-state index in [0.29, 0.717) is 16.9 Å². The van der Waals surface area contributed by atoms with Gasteiger partial charge in [-0.15, -0.1) is 0 Å². The van der Waals surface area contributed by atoms with Crippen molar-refractivity contribution >= 4 is 17.7 Å². The topological polar surface area (TPSA) is 95.9 Å². The first-order chi connectivity index (χ1) is 13.3. The largest absolute Gasteiger partial charge is 0.497 e. The minimum atomic E-state index is -0.885. The zero-order valence-electron chi connectivity index (χ0n) is 15.9. The molecular formula is C21H22N2O5. The molecule has 1 aliphatic heterocycles. The van der Waals surface area contributed by atoms with E-state index in [1.54, 1.807) is 45.2 Å². The zero-order valence-corrected chi connectivity index (χ0v) is 15.9. The lowest BCUT2D eigenvalue weighted by atomic mass is 10.0. The first-order valence-corrected chi connectivity index (χ1v) is 8.95. The van der Waals surface area contributed by atoms with E-state index in [1.165, 1.54) is 23.1 Å². The van der Waals surface area contributed by atoms with E-state index in [-0.39, 0.29) is 29.6 Å². The molecule has 0 aliphatic carbocycles. The van der Waals surface area contributed by atoms with E-state index < -0.39 is 17.9 Å². The lowest BCUT2D eigenvalue weighted by Crippen LogP contribution is -2.35. The van der Waals surface area contributed by atoms with Gasteiger partial charge in [0.15, 0.2) is 0 Å². The Labute approximate surface area is 162 Å². The summed E-state index contributed by atoms with van der Waals surface area (Å²) < 4.78 is 5.07. The Hall–Kier alpha value is -3.19. The summed E-state index contributed by atoms with van der Waals surface area (Å²) in [5.74, 6) is -0.508. The Morgan fingerprint density at radius 3 is 2.32 bits per heavy atom. The number of hydrogen-bond donors (Lipinski definition) is 2. The predicted octanol–water partition coefficient (Wildman–Crippen LogP) is 2.16. The second kappa shape index (κ2) is 7.82. The number of carbonyl (C=O) groups excluding carboxylic acids is 3. The van der Waals surface area contributed by atoms with Crippen LogP contribution in [0.25, 0.3) is 0 Å². The molecule has 0 fully saturated rings. The molecule has 7 heteroatoms. The standard InChI is InChI=1S/C21H22N2O5/c1-12(2)23-20(26)16-9-6-14(10-17(16)21(23)27)19(25)22-11-18(24)13-4-7-15(28-3)8-5-13/h4-10,12,18,24H,11H2,1-3H3,(H,22,25). The molecule has 7 nitrogen and oxygen atoms in total. The van der Waals surface area contributed by atoms with E-state index in [1.807, 2.05) is 0 Å². The SMILES string of the molecule is COc1ccc(C(O)CNC(=O)c2ccc3c(c2)C(=O)N(C(C)C)C3=O)cc1. The molecular weight excluding hydrogens is 360 g/mol. The molecule has 0 spiro atoms. The van der Waals surface area contributed by atoms with Gasteiger partial charge in [0.25, 0.3) is 17.7 Å². The quantitative estimate of drug-likeness (QED) is 0.747. The molecule has 2 aromatic rings. The van der Waals surface area contributed by atoms with Crippen LogP contribution in [-0.2, 0) is 0 Å².